The summed E-state index contributed by atoms with van der Waals surface area (Å²) in [5, 5.41) is 0. The number of allylic oxidation sites excluding steroid dienone is 2. The molecule has 0 aromatic heterocycles. The zero-order valence-corrected chi connectivity index (χ0v) is 39.1. The van der Waals surface area contributed by atoms with Gasteiger partial charge < -0.3 is 5.53 Å². The second kappa shape index (κ2) is 35.2. The van der Waals surface area contributed by atoms with Gasteiger partial charge >= 0.3 is 144 Å². The van der Waals surface area contributed by atoms with Crippen LogP contribution >= 0.6 is 0 Å². The smallest absolute Gasteiger partial charge is 0.210 e. The summed E-state index contributed by atoms with van der Waals surface area (Å²) in [7, 11) is 0. The molecule has 3 rings (SSSR count). The Balaban J connectivity index is 0.000000443. The predicted molar refractivity (Wildman–Crippen MR) is 246 cm³/mol. The summed E-state index contributed by atoms with van der Waals surface area (Å²) >= 11 is 1.07. The molecule has 0 unspecified atom stereocenters. The Labute approximate surface area is 357 Å². The molecule has 0 saturated heterocycles. The second-order valence-corrected chi connectivity index (χ2v) is 19.0. The first kappa shape index (κ1) is 50.3. The van der Waals surface area contributed by atoms with Crippen molar-refractivity contribution in [3.05, 3.63) is 88.0 Å². The molecular weight excluding hydrogens is 771 g/mol. The van der Waals surface area contributed by atoms with Crippen LogP contribution in [0.5, 0.6) is 0 Å². The molecule has 0 fully saturated rings. The van der Waals surface area contributed by atoms with E-state index in [1.54, 1.807) is 9.79 Å². The van der Waals surface area contributed by atoms with E-state index in [0.29, 0.717) is 0 Å². The molecule has 56 heavy (non-hydrogen) atoms. The molecule has 2 aromatic rings. The summed E-state index contributed by atoms with van der Waals surface area (Å²) in [6, 6.07) is 17.6. The van der Waals surface area contributed by atoms with E-state index in [4.69, 9.17) is 0 Å². The molecule has 0 N–H and O–H groups in total. The molecule has 0 atom stereocenters. The molecule has 320 valence electrons. The van der Waals surface area contributed by atoms with Gasteiger partial charge in [0.25, 0.3) is 0 Å². The molecule has 1 heterocycles. The molecular formula is C53H88N2Pd. The van der Waals surface area contributed by atoms with Gasteiger partial charge in [-0.2, -0.15) is 0 Å². The first-order chi connectivity index (χ1) is 27.6. The van der Waals surface area contributed by atoms with Crippen molar-refractivity contribution in [3.8, 4) is 0 Å². The van der Waals surface area contributed by atoms with Crippen LogP contribution in [0.15, 0.2) is 60.2 Å². The molecule has 1 aliphatic heterocycles. The van der Waals surface area contributed by atoms with Crippen LogP contribution in [0.2, 0.25) is 9.79 Å². The molecule has 0 radical (unpaired) electrons. The van der Waals surface area contributed by atoms with E-state index in [0.717, 1.165) is 66.2 Å². The molecule has 0 aliphatic carbocycles. The minimum Gasteiger partial charge on any atom is -0.493 e. The SMILES string of the molecule is CCCCCCCCC[CH2][Pd][CH2]CCCCCCCCC.CCCCCCCCc1cccc(C2=CC(CCCCC)=C(c3cccc(CCCC)c3)[N+]2=[N-])c1. The van der Waals surface area contributed by atoms with E-state index in [2.05, 4.69) is 89.2 Å². The number of nitrogens with zero attached hydrogens (tertiary/aromatic N) is 2. The van der Waals surface area contributed by atoms with Gasteiger partial charge in [0.1, 0.15) is 0 Å². The Bertz CT molecular complexity index is 1300. The van der Waals surface area contributed by atoms with Crippen molar-refractivity contribution < 1.29 is 22.7 Å². The molecule has 3 heteroatoms. The Hall–Kier alpha value is -1.82. The van der Waals surface area contributed by atoms with Gasteiger partial charge in [0.15, 0.2) is 0 Å². The third-order valence-electron chi connectivity index (χ3n) is 11.3. The summed E-state index contributed by atoms with van der Waals surface area (Å²) in [4.78, 5) is 3.08. The van der Waals surface area contributed by atoms with Crippen molar-refractivity contribution in [3.63, 3.8) is 0 Å². The maximum atomic E-state index is 11.4. The average Bonchev–Trinajstić information content (AvgIpc) is 3.55. The first-order valence-corrected chi connectivity index (χ1v) is 26.4. The first-order valence-electron chi connectivity index (χ1n) is 24.2. The molecule has 0 bridgehead atoms. The van der Waals surface area contributed by atoms with Crippen molar-refractivity contribution >= 4 is 11.4 Å². The Morgan fingerprint density at radius 3 is 1.34 bits per heavy atom. The fraction of sp³-hybridized carbons (Fsp3) is 0.698. The van der Waals surface area contributed by atoms with E-state index in [1.807, 2.05) is 0 Å². The predicted octanol–water partition coefficient (Wildman–Crippen LogP) is 18.5. The maximum Gasteiger partial charge on any atom is 0.210 e. The van der Waals surface area contributed by atoms with Crippen molar-refractivity contribution in [2.24, 2.45) is 0 Å². The van der Waals surface area contributed by atoms with Gasteiger partial charge in [-0.3, -0.25) is 0 Å². The van der Waals surface area contributed by atoms with E-state index in [9.17, 15) is 5.53 Å². The number of rotatable bonds is 34. The van der Waals surface area contributed by atoms with Crippen molar-refractivity contribution in [1.29, 1.82) is 0 Å². The normalized spacial score (nSPS) is 12.7. The number of unbranched alkanes of at least 4 members (excludes halogenated alkanes) is 22. The minimum absolute atomic E-state index is 0.912. The van der Waals surface area contributed by atoms with Gasteiger partial charge in [-0.15, -0.1) is 0 Å². The van der Waals surface area contributed by atoms with Crippen LogP contribution in [0, 0.1) is 0 Å². The Kier molecular flexibility index (Phi) is 31.6. The molecule has 2 aromatic carbocycles. The third-order valence-corrected chi connectivity index (χ3v) is 13.5. The van der Waals surface area contributed by atoms with Crippen LogP contribution in [0.1, 0.15) is 237 Å². The van der Waals surface area contributed by atoms with Gasteiger partial charge in [0.05, 0.1) is 0 Å². The summed E-state index contributed by atoms with van der Waals surface area (Å²) in [6.45, 7) is 11.4. The fourth-order valence-electron chi connectivity index (χ4n) is 7.73. The van der Waals surface area contributed by atoms with Crippen LogP contribution in [0.25, 0.3) is 16.9 Å². The number of aryl methyl sites for hydroxylation is 2. The van der Waals surface area contributed by atoms with E-state index in [1.165, 1.54) is 188 Å². The Morgan fingerprint density at radius 1 is 0.429 bits per heavy atom. The van der Waals surface area contributed by atoms with Crippen LogP contribution in [0.3, 0.4) is 0 Å². The summed E-state index contributed by atoms with van der Waals surface area (Å²) < 4.78 is 1.46. The van der Waals surface area contributed by atoms with Gasteiger partial charge in [0, 0.05) is 22.8 Å². The second-order valence-electron chi connectivity index (χ2n) is 16.6. The standard InChI is InChI=1S/C33H46N2.2C10H21.Pd/c1-4-7-10-11-12-14-18-28-19-15-22-29(24-28)32-26-31(21-13-8-5-2)33(35(32)34)30-23-16-20-27(25-30)17-9-6-3;2*1-3-5-7-9-10-8-6-4-2;/h15-16,19-20,22-26H,4-14,17-18,21H2,1-3H3;2*1,3-10H2,2H3;. The molecule has 0 saturated carbocycles. The van der Waals surface area contributed by atoms with Crippen LogP contribution in [-0.4, -0.2) is 4.70 Å². The van der Waals surface area contributed by atoms with Crippen LogP contribution < -0.4 is 0 Å². The monoisotopic (exact) mass is 859 g/mol. The summed E-state index contributed by atoms with van der Waals surface area (Å²) in [5.41, 5.74) is 19.5. The van der Waals surface area contributed by atoms with E-state index in [-0.39, 0.29) is 0 Å². The fourth-order valence-corrected chi connectivity index (χ4v) is 9.68. The molecule has 2 nitrogen and oxygen atoms in total. The zero-order valence-electron chi connectivity index (χ0n) is 37.5. The zero-order chi connectivity index (χ0) is 40.3. The molecule has 0 spiro atoms. The van der Waals surface area contributed by atoms with Gasteiger partial charge in [-0.25, -0.2) is 4.70 Å². The number of hydrogen-bond donors (Lipinski definition) is 0. The van der Waals surface area contributed by atoms with Crippen LogP contribution in [0.4, 0.5) is 0 Å². The van der Waals surface area contributed by atoms with Gasteiger partial charge in [-0.05, 0) is 73.9 Å². The number of benzene rings is 2. The van der Waals surface area contributed by atoms with Gasteiger partial charge in [-0.1, -0.05) is 96.4 Å². The van der Waals surface area contributed by atoms with Crippen molar-refractivity contribution in [2.45, 2.75) is 237 Å². The maximum absolute atomic E-state index is 11.4. The minimum atomic E-state index is 0.912. The average molecular weight is 860 g/mol. The molecule has 0 amide bonds. The summed E-state index contributed by atoms with van der Waals surface area (Å²) in [5.74, 6) is 0. The molecule has 1 aliphatic rings. The number of hydrogen-bond acceptors (Lipinski definition) is 0. The van der Waals surface area contributed by atoms with E-state index < -0.39 is 0 Å². The Morgan fingerprint density at radius 2 is 0.821 bits per heavy atom. The van der Waals surface area contributed by atoms with Crippen molar-refractivity contribution in [1.82, 2.24) is 0 Å². The van der Waals surface area contributed by atoms with Gasteiger partial charge in [0.2, 0.25) is 11.4 Å². The van der Waals surface area contributed by atoms with Crippen molar-refractivity contribution in [2.75, 3.05) is 0 Å². The largest absolute Gasteiger partial charge is 0.493 e. The quantitative estimate of drug-likeness (QED) is 0.0381. The van der Waals surface area contributed by atoms with Crippen LogP contribution in [-0.2, 0) is 30.8 Å². The summed E-state index contributed by atoms with van der Waals surface area (Å²) in [6.07, 6.45) is 42.9. The third kappa shape index (κ3) is 22.9. The topological polar surface area (TPSA) is 25.3 Å². The van der Waals surface area contributed by atoms with E-state index >= 15 is 0 Å².